The Kier molecular flexibility index (Phi) is 2.14. The third-order valence-corrected chi connectivity index (χ3v) is 2.16. The van der Waals surface area contributed by atoms with E-state index in [9.17, 15) is 4.79 Å². The van der Waals surface area contributed by atoms with Crippen molar-refractivity contribution in [3.8, 4) is 0 Å². The van der Waals surface area contributed by atoms with Crippen LogP contribution in [0.25, 0.3) is 5.65 Å². The fourth-order valence-electron chi connectivity index (χ4n) is 1.65. The highest BCUT2D eigenvalue weighted by atomic mass is 16.1. The molecule has 2 aromatic rings. The van der Waals surface area contributed by atoms with E-state index in [4.69, 9.17) is 0 Å². The maximum absolute atomic E-state index is 11.6. The van der Waals surface area contributed by atoms with Gasteiger partial charge >= 0.3 is 0 Å². The first-order valence-corrected chi connectivity index (χ1v) is 5.02. The van der Waals surface area contributed by atoms with Gasteiger partial charge < -0.3 is 4.98 Å². The number of hydrogen-bond acceptors (Lipinski definition) is 2. The Morgan fingerprint density at radius 2 is 2.20 bits per heavy atom. The van der Waals surface area contributed by atoms with Crippen molar-refractivity contribution in [3.63, 3.8) is 0 Å². The van der Waals surface area contributed by atoms with Gasteiger partial charge in [-0.15, -0.1) is 0 Å². The second-order valence-corrected chi connectivity index (χ2v) is 5.00. The van der Waals surface area contributed by atoms with Crippen LogP contribution in [0.15, 0.2) is 23.1 Å². The number of nitrogens with zero attached hydrogens (tertiary/aromatic N) is 2. The van der Waals surface area contributed by atoms with Gasteiger partial charge in [-0.2, -0.15) is 9.61 Å². The van der Waals surface area contributed by atoms with Crippen molar-refractivity contribution in [2.75, 3.05) is 0 Å². The number of aromatic nitrogens is 3. The fraction of sp³-hybridized carbons (Fsp3) is 0.455. The van der Waals surface area contributed by atoms with Crippen LogP contribution in [0.1, 0.15) is 26.5 Å². The number of rotatable bonds is 1. The van der Waals surface area contributed by atoms with E-state index in [-0.39, 0.29) is 11.0 Å². The van der Waals surface area contributed by atoms with Crippen LogP contribution >= 0.6 is 0 Å². The molecule has 0 amide bonds. The Labute approximate surface area is 87.9 Å². The number of hydrogen-bond donors (Lipinski definition) is 1. The van der Waals surface area contributed by atoms with Gasteiger partial charge in [0.1, 0.15) is 5.65 Å². The molecule has 80 valence electrons. The molecule has 0 aromatic carbocycles. The Morgan fingerprint density at radius 1 is 1.47 bits per heavy atom. The molecule has 0 aliphatic carbocycles. The molecule has 15 heavy (non-hydrogen) atoms. The molecule has 2 heterocycles. The molecule has 2 rings (SSSR count). The van der Waals surface area contributed by atoms with Crippen LogP contribution in [-0.4, -0.2) is 14.6 Å². The second kappa shape index (κ2) is 3.22. The number of aromatic amines is 1. The van der Waals surface area contributed by atoms with Crippen molar-refractivity contribution in [2.45, 2.75) is 27.2 Å². The summed E-state index contributed by atoms with van der Waals surface area (Å²) < 4.78 is 1.37. The summed E-state index contributed by atoms with van der Waals surface area (Å²) in [4.78, 5) is 14.8. The zero-order valence-corrected chi connectivity index (χ0v) is 9.24. The lowest BCUT2D eigenvalue weighted by molar-refractivity contribution is 0.406. The topological polar surface area (TPSA) is 50.2 Å². The van der Waals surface area contributed by atoms with E-state index < -0.39 is 0 Å². The normalized spacial score (nSPS) is 12.2. The molecular weight excluding hydrogens is 190 g/mol. The average Bonchev–Trinajstić information content (AvgIpc) is 2.48. The Morgan fingerprint density at radius 3 is 2.87 bits per heavy atom. The number of fused-ring (bicyclic) bond motifs is 1. The molecule has 0 radical (unpaired) electrons. The largest absolute Gasteiger partial charge is 0.343 e. The summed E-state index contributed by atoms with van der Waals surface area (Å²) in [5.41, 5.74) is 1.80. The summed E-state index contributed by atoms with van der Waals surface area (Å²) in [5.74, 6) is 0. The van der Waals surface area contributed by atoms with Crippen LogP contribution in [0, 0.1) is 5.41 Å². The lowest BCUT2D eigenvalue weighted by atomic mass is 9.90. The zero-order valence-electron chi connectivity index (χ0n) is 9.24. The molecule has 0 atom stereocenters. The SMILES string of the molecule is CC(C)(C)Cc1cc(=O)n2nccc2[nH]1. The molecule has 0 aliphatic heterocycles. The third kappa shape index (κ3) is 2.09. The highest BCUT2D eigenvalue weighted by Crippen LogP contribution is 2.18. The van der Waals surface area contributed by atoms with Gasteiger partial charge in [0.2, 0.25) is 0 Å². The molecule has 0 aliphatic rings. The molecule has 0 saturated carbocycles. The predicted octanol–water partition coefficient (Wildman–Crippen LogP) is 1.61. The summed E-state index contributed by atoms with van der Waals surface area (Å²) >= 11 is 0. The van der Waals surface area contributed by atoms with Gasteiger partial charge in [-0.3, -0.25) is 4.79 Å². The van der Waals surface area contributed by atoms with Gasteiger partial charge in [0.15, 0.2) is 0 Å². The maximum atomic E-state index is 11.6. The summed E-state index contributed by atoms with van der Waals surface area (Å²) in [6.07, 6.45) is 2.47. The minimum atomic E-state index is -0.0759. The molecule has 0 bridgehead atoms. The van der Waals surface area contributed by atoms with E-state index >= 15 is 0 Å². The molecule has 0 saturated heterocycles. The standard InChI is InChI=1S/C11H15N3O/c1-11(2,3)7-8-6-10(15)14-9(13-8)4-5-12-14/h4-6,13H,7H2,1-3H3. The minimum absolute atomic E-state index is 0.0759. The van der Waals surface area contributed by atoms with Crippen LogP contribution < -0.4 is 5.56 Å². The Hall–Kier alpha value is -1.58. The predicted molar refractivity (Wildman–Crippen MR) is 59.0 cm³/mol. The molecular formula is C11H15N3O. The van der Waals surface area contributed by atoms with E-state index in [2.05, 4.69) is 30.9 Å². The van der Waals surface area contributed by atoms with Crippen molar-refractivity contribution < 1.29 is 0 Å². The third-order valence-electron chi connectivity index (χ3n) is 2.16. The number of H-pyrrole nitrogens is 1. The smallest absolute Gasteiger partial charge is 0.274 e. The summed E-state index contributed by atoms with van der Waals surface area (Å²) in [6, 6.07) is 3.42. The maximum Gasteiger partial charge on any atom is 0.274 e. The summed E-state index contributed by atoms with van der Waals surface area (Å²) in [6.45, 7) is 6.43. The number of nitrogens with one attached hydrogen (secondary N) is 1. The highest BCUT2D eigenvalue weighted by molar-refractivity contribution is 5.36. The van der Waals surface area contributed by atoms with E-state index in [0.29, 0.717) is 0 Å². The highest BCUT2D eigenvalue weighted by Gasteiger charge is 2.12. The lowest BCUT2D eigenvalue weighted by Gasteiger charge is -2.17. The monoisotopic (exact) mass is 205 g/mol. The van der Waals surface area contributed by atoms with E-state index in [0.717, 1.165) is 17.8 Å². The molecule has 0 spiro atoms. The Balaban J connectivity index is 2.50. The van der Waals surface area contributed by atoms with Crippen LogP contribution in [0.2, 0.25) is 0 Å². The molecule has 4 heteroatoms. The van der Waals surface area contributed by atoms with E-state index in [1.165, 1.54) is 4.52 Å². The quantitative estimate of drug-likeness (QED) is 0.769. The minimum Gasteiger partial charge on any atom is -0.343 e. The first-order chi connectivity index (χ1) is 6.96. The van der Waals surface area contributed by atoms with Gasteiger partial charge in [0.25, 0.3) is 5.56 Å². The second-order valence-electron chi connectivity index (χ2n) is 5.00. The molecule has 0 unspecified atom stereocenters. The first-order valence-electron chi connectivity index (χ1n) is 5.02. The van der Waals surface area contributed by atoms with Crippen molar-refractivity contribution in [1.82, 2.24) is 14.6 Å². The first kappa shape index (κ1) is 9.96. The van der Waals surface area contributed by atoms with Crippen LogP contribution in [-0.2, 0) is 6.42 Å². The van der Waals surface area contributed by atoms with Gasteiger partial charge in [0, 0.05) is 17.8 Å². The molecule has 0 fully saturated rings. The zero-order chi connectivity index (χ0) is 11.1. The van der Waals surface area contributed by atoms with E-state index in [1.807, 2.05) is 0 Å². The molecule has 2 aromatic heterocycles. The molecule has 1 N–H and O–H groups in total. The van der Waals surface area contributed by atoms with Gasteiger partial charge in [-0.25, -0.2) is 0 Å². The summed E-state index contributed by atoms with van der Waals surface area (Å²) in [7, 11) is 0. The van der Waals surface area contributed by atoms with Crippen LogP contribution in [0.5, 0.6) is 0 Å². The van der Waals surface area contributed by atoms with Gasteiger partial charge in [-0.05, 0) is 11.8 Å². The fourth-order valence-corrected chi connectivity index (χ4v) is 1.65. The van der Waals surface area contributed by atoms with Crippen molar-refractivity contribution in [3.05, 3.63) is 34.4 Å². The average molecular weight is 205 g/mol. The van der Waals surface area contributed by atoms with Crippen molar-refractivity contribution in [1.29, 1.82) is 0 Å². The van der Waals surface area contributed by atoms with Gasteiger partial charge in [-0.1, -0.05) is 20.8 Å². The van der Waals surface area contributed by atoms with Crippen molar-refractivity contribution >= 4 is 5.65 Å². The van der Waals surface area contributed by atoms with Crippen LogP contribution in [0.3, 0.4) is 0 Å². The van der Waals surface area contributed by atoms with E-state index in [1.54, 1.807) is 18.3 Å². The van der Waals surface area contributed by atoms with Gasteiger partial charge in [0.05, 0.1) is 6.20 Å². The lowest BCUT2D eigenvalue weighted by Crippen LogP contribution is -2.18. The summed E-state index contributed by atoms with van der Waals surface area (Å²) in [5, 5.41) is 3.93. The van der Waals surface area contributed by atoms with Crippen molar-refractivity contribution in [2.24, 2.45) is 5.41 Å². The Bertz CT molecular complexity index is 530. The van der Waals surface area contributed by atoms with Crippen LogP contribution in [0.4, 0.5) is 0 Å². The molecule has 4 nitrogen and oxygen atoms in total.